The predicted molar refractivity (Wildman–Crippen MR) is 76.1 cm³/mol. The largest absolute Gasteiger partial charge is 0.468 e. The molecule has 0 spiro atoms. The summed E-state index contributed by atoms with van der Waals surface area (Å²) in [6, 6.07) is 8.12. The number of rotatable bonds is 4. The van der Waals surface area contributed by atoms with Crippen LogP contribution in [0.25, 0.3) is 0 Å². The molecule has 1 heterocycles. The number of hydrogen-bond acceptors (Lipinski definition) is 3. The normalized spacial score (nSPS) is 17.7. The minimum atomic E-state index is -0.242. The van der Waals surface area contributed by atoms with Gasteiger partial charge in [0.2, 0.25) is 0 Å². The van der Waals surface area contributed by atoms with E-state index in [0.717, 1.165) is 31.5 Å². The van der Waals surface area contributed by atoms with Crippen molar-refractivity contribution in [3.8, 4) is 0 Å². The lowest BCUT2D eigenvalue weighted by Gasteiger charge is -2.25. The van der Waals surface area contributed by atoms with Crippen molar-refractivity contribution in [3.63, 3.8) is 0 Å². The second-order valence-corrected chi connectivity index (χ2v) is 5.49. The molecule has 0 N–H and O–H groups in total. The SMILES string of the molecule is COC(=O)C(c1ccc(C(C)C)cc1)N1CCCC1. The van der Waals surface area contributed by atoms with Gasteiger partial charge in [-0.25, -0.2) is 4.79 Å². The maximum absolute atomic E-state index is 12.1. The van der Waals surface area contributed by atoms with Gasteiger partial charge in [-0.2, -0.15) is 0 Å². The van der Waals surface area contributed by atoms with E-state index in [2.05, 4.69) is 43.0 Å². The lowest BCUT2D eigenvalue weighted by atomic mass is 9.98. The molecule has 0 amide bonds. The lowest BCUT2D eigenvalue weighted by molar-refractivity contribution is -0.146. The molecule has 104 valence electrons. The molecule has 1 saturated heterocycles. The first-order valence-corrected chi connectivity index (χ1v) is 7.05. The zero-order valence-electron chi connectivity index (χ0n) is 12.1. The second kappa shape index (κ2) is 6.20. The monoisotopic (exact) mass is 261 g/mol. The second-order valence-electron chi connectivity index (χ2n) is 5.49. The molecule has 2 rings (SSSR count). The number of likely N-dealkylation sites (tertiary alicyclic amines) is 1. The zero-order valence-corrected chi connectivity index (χ0v) is 12.1. The summed E-state index contributed by atoms with van der Waals surface area (Å²) in [6.07, 6.45) is 2.33. The number of carbonyl (C=O) groups is 1. The van der Waals surface area contributed by atoms with Crippen LogP contribution in [0.4, 0.5) is 0 Å². The van der Waals surface area contributed by atoms with Crippen LogP contribution in [-0.4, -0.2) is 31.1 Å². The van der Waals surface area contributed by atoms with Crippen molar-refractivity contribution in [2.24, 2.45) is 0 Å². The molecule has 0 saturated carbocycles. The van der Waals surface area contributed by atoms with E-state index in [1.165, 1.54) is 12.7 Å². The highest BCUT2D eigenvalue weighted by Gasteiger charge is 2.30. The van der Waals surface area contributed by atoms with E-state index in [9.17, 15) is 4.79 Å². The molecule has 1 aromatic rings. The lowest BCUT2D eigenvalue weighted by Crippen LogP contribution is -2.32. The van der Waals surface area contributed by atoms with Crippen LogP contribution in [-0.2, 0) is 9.53 Å². The maximum Gasteiger partial charge on any atom is 0.327 e. The predicted octanol–water partition coefficient (Wildman–Crippen LogP) is 3.12. The van der Waals surface area contributed by atoms with Crippen LogP contribution in [0.2, 0.25) is 0 Å². The molecule has 1 unspecified atom stereocenters. The highest BCUT2D eigenvalue weighted by Crippen LogP contribution is 2.27. The Morgan fingerprint density at radius 1 is 1.11 bits per heavy atom. The van der Waals surface area contributed by atoms with Crippen LogP contribution in [0.1, 0.15) is 49.8 Å². The Hall–Kier alpha value is -1.35. The van der Waals surface area contributed by atoms with Gasteiger partial charge in [-0.15, -0.1) is 0 Å². The molecule has 3 nitrogen and oxygen atoms in total. The van der Waals surface area contributed by atoms with Crippen LogP contribution in [0.3, 0.4) is 0 Å². The Bertz CT molecular complexity index is 419. The quantitative estimate of drug-likeness (QED) is 0.780. The number of benzene rings is 1. The molecule has 0 aliphatic carbocycles. The Morgan fingerprint density at radius 3 is 2.11 bits per heavy atom. The van der Waals surface area contributed by atoms with Gasteiger partial charge in [0.1, 0.15) is 6.04 Å². The molecule has 3 heteroatoms. The van der Waals surface area contributed by atoms with Crippen LogP contribution >= 0.6 is 0 Å². The van der Waals surface area contributed by atoms with Crippen LogP contribution < -0.4 is 0 Å². The van der Waals surface area contributed by atoms with Crippen molar-refractivity contribution >= 4 is 5.97 Å². The van der Waals surface area contributed by atoms with E-state index in [1.807, 2.05) is 0 Å². The van der Waals surface area contributed by atoms with E-state index < -0.39 is 0 Å². The Morgan fingerprint density at radius 2 is 1.63 bits per heavy atom. The van der Waals surface area contributed by atoms with Gasteiger partial charge >= 0.3 is 5.97 Å². The van der Waals surface area contributed by atoms with Crippen molar-refractivity contribution in [2.75, 3.05) is 20.2 Å². The van der Waals surface area contributed by atoms with Crippen molar-refractivity contribution in [3.05, 3.63) is 35.4 Å². The van der Waals surface area contributed by atoms with Gasteiger partial charge in [-0.1, -0.05) is 38.1 Å². The van der Waals surface area contributed by atoms with E-state index in [1.54, 1.807) is 0 Å². The smallest absolute Gasteiger partial charge is 0.327 e. The molecule has 1 aromatic carbocycles. The molecule has 1 fully saturated rings. The van der Waals surface area contributed by atoms with Gasteiger partial charge in [0.15, 0.2) is 0 Å². The number of nitrogens with zero attached hydrogens (tertiary/aromatic N) is 1. The molecule has 1 atom stereocenters. The van der Waals surface area contributed by atoms with Crippen LogP contribution in [0.15, 0.2) is 24.3 Å². The summed E-state index contributed by atoms with van der Waals surface area (Å²) in [4.78, 5) is 14.3. The highest BCUT2D eigenvalue weighted by molar-refractivity contribution is 5.77. The highest BCUT2D eigenvalue weighted by atomic mass is 16.5. The first-order chi connectivity index (χ1) is 9.13. The summed E-state index contributed by atoms with van der Waals surface area (Å²) < 4.78 is 4.98. The number of ether oxygens (including phenoxy) is 1. The number of carbonyl (C=O) groups excluding carboxylic acids is 1. The third-order valence-corrected chi connectivity index (χ3v) is 3.85. The first-order valence-electron chi connectivity index (χ1n) is 7.05. The topological polar surface area (TPSA) is 29.5 Å². The molecule has 0 aromatic heterocycles. The first kappa shape index (κ1) is 14.1. The fourth-order valence-electron chi connectivity index (χ4n) is 2.67. The summed E-state index contributed by atoms with van der Waals surface area (Å²) in [5.41, 5.74) is 2.34. The average molecular weight is 261 g/mol. The Labute approximate surface area is 115 Å². The maximum atomic E-state index is 12.1. The van der Waals surface area contributed by atoms with Gasteiger partial charge in [0, 0.05) is 0 Å². The number of esters is 1. The molecule has 1 aliphatic heterocycles. The summed E-state index contributed by atoms with van der Waals surface area (Å²) in [7, 11) is 1.47. The van der Waals surface area contributed by atoms with Gasteiger partial charge < -0.3 is 4.74 Å². The molecule has 0 radical (unpaired) electrons. The number of hydrogen-bond donors (Lipinski definition) is 0. The van der Waals surface area contributed by atoms with Crippen molar-refractivity contribution in [1.82, 2.24) is 4.90 Å². The van der Waals surface area contributed by atoms with Crippen molar-refractivity contribution < 1.29 is 9.53 Å². The summed E-state index contributed by atoms with van der Waals surface area (Å²) in [6.45, 7) is 6.30. The van der Waals surface area contributed by atoms with E-state index in [0.29, 0.717) is 5.92 Å². The van der Waals surface area contributed by atoms with Gasteiger partial charge in [-0.05, 0) is 43.0 Å². The van der Waals surface area contributed by atoms with E-state index in [4.69, 9.17) is 4.74 Å². The Balaban J connectivity index is 2.24. The standard InChI is InChI=1S/C16H23NO2/c1-12(2)13-6-8-14(9-7-13)15(16(18)19-3)17-10-4-5-11-17/h6-9,12,15H,4-5,10-11H2,1-3H3. The summed E-state index contributed by atoms with van der Waals surface area (Å²) >= 11 is 0. The fraction of sp³-hybridized carbons (Fsp3) is 0.562. The molecular weight excluding hydrogens is 238 g/mol. The minimum Gasteiger partial charge on any atom is -0.468 e. The fourth-order valence-corrected chi connectivity index (χ4v) is 2.67. The van der Waals surface area contributed by atoms with Crippen molar-refractivity contribution in [1.29, 1.82) is 0 Å². The molecular formula is C16H23NO2. The van der Waals surface area contributed by atoms with E-state index >= 15 is 0 Å². The zero-order chi connectivity index (χ0) is 13.8. The van der Waals surface area contributed by atoms with Gasteiger partial charge in [-0.3, -0.25) is 4.90 Å². The molecule has 0 bridgehead atoms. The average Bonchev–Trinajstić information content (AvgIpc) is 2.93. The third-order valence-electron chi connectivity index (χ3n) is 3.85. The molecule has 19 heavy (non-hydrogen) atoms. The van der Waals surface area contributed by atoms with Crippen LogP contribution in [0.5, 0.6) is 0 Å². The van der Waals surface area contributed by atoms with Gasteiger partial charge in [0.05, 0.1) is 7.11 Å². The van der Waals surface area contributed by atoms with E-state index in [-0.39, 0.29) is 12.0 Å². The minimum absolute atomic E-state index is 0.154. The third kappa shape index (κ3) is 3.16. The summed E-state index contributed by atoms with van der Waals surface area (Å²) in [5.74, 6) is 0.358. The molecule has 1 aliphatic rings. The van der Waals surface area contributed by atoms with Crippen LogP contribution in [0, 0.1) is 0 Å². The van der Waals surface area contributed by atoms with Gasteiger partial charge in [0.25, 0.3) is 0 Å². The van der Waals surface area contributed by atoms with Crippen molar-refractivity contribution in [2.45, 2.75) is 38.6 Å². The summed E-state index contributed by atoms with van der Waals surface area (Å²) in [5, 5.41) is 0. The number of methoxy groups -OCH3 is 1. The Kier molecular flexibility index (Phi) is 4.59.